The molecule has 0 aliphatic carbocycles. The zero-order valence-corrected chi connectivity index (χ0v) is 13.2. The van der Waals surface area contributed by atoms with Crippen LogP contribution in [0.5, 0.6) is 0 Å². The molecule has 0 saturated heterocycles. The number of anilines is 1. The van der Waals surface area contributed by atoms with Crippen molar-refractivity contribution in [3.63, 3.8) is 0 Å². The van der Waals surface area contributed by atoms with Gasteiger partial charge in [0, 0.05) is 21.7 Å². The van der Waals surface area contributed by atoms with E-state index in [1.165, 1.54) is 0 Å². The van der Waals surface area contributed by atoms with Gasteiger partial charge in [-0.25, -0.2) is 4.98 Å². The Hall–Kier alpha value is -1.52. The van der Waals surface area contributed by atoms with E-state index >= 15 is 0 Å². The van der Waals surface area contributed by atoms with Crippen molar-refractivity contribution in [1.82, 2.24) is 9.97 Å². The molecule has 3 nitrogen and oxygen atoms in total. The SMILES string of the molecule is Cc1nc2ccc(NCc3ccc(Br)cc3Cl)cc2[nH]1. The van der Waals surface area contributed by atoms with E-state index in [1.807, 2.05) is 37.3 Å². The first-order valence-corrected chi connectivity index (χ1v) is 7.43. The van der Waals surface area contributed by atoms with Gasteiger partial charge in [-0.2, -0.15) is 0 Å². The summed E-state index contributed by atoms with van der Waals surface area (Å²) >= 11 is 9.61. The van der Waals surface area contributed by atoms with Crippen LogP contribution in [-0.4, -0.2) is 9.97 Å². The molecule has 0 spiro atoms. The molecular formula is C15H13BrClN3. The van der Waals surface area contributed by atoms with Gasteiger partial charge in [-0.15, -0.1) is 0 Å². The minimum atomic E-state index is 0.685. The van der Waals surface area contributed by atoms with Crippen molar-refractivity contribution in [2.24, 2.45) is 0 Å². The van der Waals surface area contributed by atoms with Gasteiger partial charge in [0.2, 0.25) is 0 Å². The van der Waals surface area contributed by atoms with Gasteiger partial charge in [0.15, 0.2) is 0 Å². The van der Waals surface area contributed by atoms with E-state index in [4.69, 9.17) is 11.6 Å². The minimum absolute atomic E-state index is 0.685. The van der Waals surface area contributed by atoms with Gasteiger partial charge in [0.05, 0.1) is 11.0 Å². The first-order valence-electron chi connectivity index (χ1n) is 6.26. The van der Waals surface area contributed by atoms with Gasteiger partial charge in [-0.1, -0.05) is 33.6 Å². The smallest absolute Gasteiger partial charge is 0.104 e. The number of fused-ring (bicyclic) bond motifs is 1. The lowest BCUT2D eigenvalue weighted by Gasteiger charge is -2.08. The third kappa shape index (κ3) is 2.81. The Morgan fingerprint density at radius 3 is 2.90 bits per heavy atom. The van der Waals surface area contributed by atoms with Crippen LogP contribution in [0, 0.1) is 6.92 Å². The molecule has 0 fully saturated rings. The minimum Gasteiger partial charge on any atom is -0.381 e. The quantitative estimate of drug-likeness (QED) is 0.705. The average Bonchev–Trinajstić information content (AvgIpc) is 2.77. The van der Waals surface area contributed by atoms with E-state index in [0.717, 1.165) is 37.6 Å². The van der Waals surface area contributed by atoms with E-state index in [1.54, 1.807) is 0 Å². The Bertz CT molecular complexity index is 767. The fourth-order valence-electron chi connectivity index (χ4n) is 2.11. The van der Waals surface area contributed by atoms with Crippen LogP contribution in [0.1, 0.15) is 11.4 Å². The number of H-pyrrole nitrogens is 1. The van der Waals surface area contributed by atoms with Crippen LogP contribution < -0.4 is 5.32 Å². The Morgan fingerprint density at radius 2 is 2.10 bits per heavy atom. The van der Waals surface area contributed by atoms with Crippen molar-refractivity contribution in [3.05, 3.63) is 57.3 Å². The monoisotopic (exact) mass is 349 g/mol. The Labute approximate surface area is 130 Å². The second-order valence-electron chi connectivity index (χ2n) is 4.64. The number of halogens is 2. The molecule has 20 heavy (non-hydrogen) atoms. The van der Waals surface area contributed by atoms with Crippen molar-refractivity contribution in [3.8, 4) is 0 Å². The number of benzene rings is 2. The highest BCUT2D eigenvalue weighted by Crippen LogP contribution is 2.23. The molecule has 3 rings (SSSR count). The first kappa shape index (κ1) is 13.5. The average molecular weight is 351 g/mol. The Balaban J connectivity index is 1.79. The summed E-state index contributed by atoms with van der Waals surface area (Å²) in [7, 11) is 0. The van der Waals surface area contributed by atoms with Crippen molar-refractivity contribution < 1.29 is 0 Å². The number of hydrogen-bond acceptors (Lipinski definition) is 2. The lowest BCUT2D eigenvalue weighted by molar-refractivity contribution is 1.15. The van der Waals surface area contributed by atoms with Crippen LogP contribution in [-0.2, 0) is 6.54 Å². The van der Waals surface area contributed by atoms with Crippen LogP contribution in [0.15, 0.2) is 40.9 Å². The lowest BCUT2D eigenvalue weighted by Crippen LogP contribution is -1.99. The summed E-state index contributed by atoms with van der Waals surface area (Å²) in [5.74, 6) is 0.924. The summed E-state index contributed by atoms with van der Waals surface area (Å²) in [6, 6.07) is 12.0. The molecule has 0 bridgehead atoms. The zero-order chi connectivity index (χ0) is 14.1. The van der Waals surface area contributed by atoms with Crippen molar-refractivity contribution >= 4 is 44.3 Å². The van der Waals surface area contributed by atoms with Crippen LogP contribution in [0.25, 0.3) is 11.0 Å². The molecule has 0 saturated carbocycles. The summed E-state index contributed by atoms with van der Waals surface area (Å²) in [5, 5.41) is 4.13. The van der Waals surface area contributed by atoms with Crippen LogP contribution in [0.2, 0.25) is 5.02 Å². The molecule has 102 valence electrons. The fourth-order valence-corrected chi connectivity index (χ4v) is 2.85. The maximum absolute atomic E-state index is 6.21. The molecule has 0 atom stereocenters. The molecule has 2 aromatic carbocycles. The van der Waals surface area contributed by atoms with E-state index < -0.39 is 0 Å². The van der Waals surface area contributed by atoms with Gasteiger partial charge >= 0.3 is 0 Å². The molecule has 5 heteroatoms. The normalized spacial score (nSPS) is 10.9. The molecule has 1 aromatic heterocycles. The predicted octanol–water partition coefficient (Wildman–Crippen LogP) is 4.90. The number of aryl methyl sites for hydroxylation is 1. The highest BCUT2D eigenvalue weighted by atomic mass is 79.9. The van der Waals surface area contributed by atoms with Crippen molar-refractivity contribution in [2.45, 2.75) is 13.5 Å². The maximum atomic E-state index is 6.21. The van der Waals surface area contributed by atoms with Gasteiger partial charge < -0.3 is 10.3 Å². The van der Waals surface area contributed by atoms with E-state index in [2.05, 4.69) is 37.3 Å². The highest BCUT2D eigenvalue weighted by Gasteiger charge is 2.03. The van der Waals surface area contributed by atoms with Crippen molar-refractivity contribution in [2.75, 3.05) is 5.32 Å². The third-order valence-electron chi connectivity index (χ3n) is 3.10. The highest BCUT2D eigenvalue weighted by molar-refractivity contribution is 9.10. The maximum Gasteiger partial charge on any atom is 0.104 e. The second-order valence-corrected chi connectivity index (χ2v) is 5.97. The van der Waals surface area contributed by atoms with Gasteiger partial charge in [-0.05, 0) is 42.8 Å². The van der Waals surface area contributed by atoms with Crippen LogP contribution in [0.3, 0.4) is 0 Å². The Kier molecular flexibility index (Phi) is 3.68. The number of aromatic nitrogens is 2. The van der Waals surface area contributed by atoms with Gasteiger partial charge in [-0.3, -0.25) is 0 Å². The Morgan fingerprint density at radius 1 is 1.25 bits per heavy atom. The summed E-state index contributed by atoms with van der Waals surface area (Å²) < 4.78 is 0.987. The lowest BCUT2D eigenvalue weighted by atomic mass is 10.2. The standard InChI is InChI=1S/C15H13BrClN3/c1-9-19-14-5-4-12(7-15(14)20-9)18-8-10-2-3-11(16)6-13(10)17/h2-7,18H,8H2,1H3,(H,19,20). The summed E-state index contributed by atoms with van der Waals surface area (Å²) in [6.07, 6.45) is 0. The topological polar surface area (TPSA) is 40.7 Å². The van der Waals surface area contributed by atoms with Crippen LogP contribution >= 0.6 is 27.5 Å². The zero-order valence-electron chi connectivity index (χ0n) is 10.9. The molecule has 0 radical (unpaired) electrons. The molecule has 1 heterocycles. The first-order chi connectivity index (χ1) is 9.61. The number of imidazole rings is 1. The van der Waals surface area contributed by atoms with Crippen LogP contribution in [0.4, 0.5) is 5.69 Å². The molecule has 0 unspecified atom stereocenters. The van der Waals surface area contributed by atoms with Gasteiger partial charge in [0.25, 0.3) is 0 Å². The third-order valence-corrected chi connectivity index (χ3v) is 3.94. The molecule has 0 amide bonds. The number of hydrogen-bond donors (Lipinski definition) is 2. The second kappa shape index (κ2) is 5.46. The van der Waals surface area contributed by atoms with E-state index in [9.17, 15) is 0 Å². The number of nitrogens with one attached hydrogen (secondary N) is 2. The summed E-state index contributed by atoms with van der Waals surface area (Å²) in [4.78, 5) is 7.62. The summed E-state index contributed by atoms with van der Waals surface area (Å²) in [5.41, 5.74) is 4.13. The van der Waals surface area contributed by atoms with Gasteiger partial charge in [0.1, 0.15) is 5.82 Å². The molecule has 0 aliphatic rings. The predicted molar refractivity (Wildman–Crippen MR) is 87.3 cm³/mol. The largest absolute Gasteiger partial charge is 0.381 e. The number of aromatic amines is 1. The van der Waals surface area contributed by atoms with E-state index in [0.29, 0.717) is 6.54 Å². The number of nitrogens with zero attached hydrogens (tertiary/aromatic N) is 1. The summed E-state index contributed by atoms with van der Waals surface area (Å²) in [6.45, 7) is 2.64. The molecular weight excluding hydrogens is 338 g/mol. The molecule has 0 aliphatic heterocycles. The molecule has 3 aromatic rings. The molecule has 2 N–H and O–H groups in total. The number of rotatable bonds is 3. The fraction of sp³-hybridized carbons (Fsp3) is 0.133. The van der Waals surface area contributed by atoms with Crippen molar-refractivity contribution in [1.29, 1.82) is 0 Å². The van der Waals surface area contributed by atoms with E-state index in [-0.39, 0.29) is 0 Å².